The minimum absolute atomic E-state index is 0.135. The lowest BCUT2D eigenvalue weighted by Crippen LogP contribution is -2.17. The molecule has 0 saturated heterocycles. The highest BCUT2D eigenvalue weighted by molar-refractivity contribution is 5.88. The van der Waals surface area contributed by atoms with E-state index < -0.39 is 11.9 Å². The first-order valence-corrected chi connectivity index (χ1v) is 3.53. The van der Waals surface area contributed by atoms with Gasteiger partial charge >= 0.3 is 0 Å². The van der Waals surface area contributed by atoms with Crippen LogP contribution in [0.5, 0.6) is 0 Å². The van der Waals surface area contributed by atoms with E-state index in [9.17, 15) is 4.79 Å². The summed E-state index contributed by atoms with van der Waals surface area (Å²) in [5.41, 5.74) is 10.5. The van der Waals surface area contributed by atoms with Crippen molar-refractivity contribution in [2.75, 3.05) is 13.7 Å². The van der Waals surface area contributed by atoms with Crippen molar-refractivity contribution in [3.05, 3.63) is 11.7 Å². The van der Waals surface area contributed by atoms with Crippen LogP contribution in [0.25, 0.3) is 0 Å². The maximum Gasteiger partial charge on any atom is 0.290 e. The maximum absolute atomic E-state index is 10.6. The monoisotopic (exact) mass is 186 g/mol. The van der Waals surface area contributed by atoms with Crippen molar-refractivity contribution in [2.45, 2.75) is 6.04 Å². The number of nitrogens with zero attached hydrogens (tertiary/aromatic N) is 2. The Labute approximate surface area is 74.0 Å². The first-order chi connectivity index (χ1) is 6.15. The molecule has 7 nitrogen and oxygen atoms in total. The average Bonchev–Trinajstić information content (AvgIpc) is 2.52. The molecule has 1 heterocycles. The highest BCUT2D eigenvalue weighted by Crippen LogP contribution is 2.06. The van der Waals surface area contributed by atoms with Crippen molar-refractivity contribution in [1.82, 2.24) is 10.1 Å². The van der Waals surface area contributed by atoms with E-state index in [1.54, 1.807) is 0 Å². The third kappa shape index (κ3) is 2.23. The van der Waals surface area contributed by atoms with Gasteiger partial charge < -0.3 is 20.7 Å². The highest BCUT2D eigenvalue weighted by atomic mass is 16.5. The Kier molecular flexibility index (Phi) is 2.93. The van der Waals surface area contributed by atoms with Gasteiger partial charge in [0.25, 0.3) is 11.7 Å². The van der Waals surface area contributed by atoms with Crippen LogP contribution >= 0.6 is 0 Å². The molecule has 1 rings (SSSR count). The molecule has 0 aliphatic heterocycles. The number of aromatic nitrogens is 2. The number of rotatable bonds is 4. The molecule has 1 unspecified atom stereocenters. The lowest BCUT2D eigenvalue weighted by atomic mass is 10.3. The van der Waals surface area contributed by atoms with E-state index in [0.29, 0.717) is 0 Å². The molecule has 1 atom stereocenters. The predicted octanol–water partition coefficient (Wildman–Crippen LogP) is -1.19. The quantitative estimate of drug-likeness (QED) is 0.610. The van der Waals surface area contributed by atoms with E-state index >= 15 is 0 Å². The predicted molar refractivity (Wildman–Crippen MR) is 41.6 cm³/mol. The molecule has 0 spiro atoms. The summed E-state index contributed by atoms with van der Waals surface area (Å²) in [5, 5.41) is 3.32. The molecule has 0 saturated carbocycles. The summed E-state index contributed by atoms with van der Waals surface area (Å²) in [6, 6.07) is -0.536. The van der Waals surface area contributed by atoms with Gasteiger partial charge in [-0.1, -0.05) is 5.16 Å². The van der Waals surface area contributed by atoms with Gasteiger partial charge in [-0.15, -0.1) is 0 Å². The van der Waals surface area contributed by atoms with Crippen molar-refractivity contribution in [1.29, 1.82) is 0 Å². The van der Waals surface area contributed by atoms with Gasteiger partial charge in [-0.25, -0.2) is 0 Å². The summed E-state index contributed by atoms with van der Waals surface area (Å²) in [6.45, 7) is 0.237. The molecule has 7 heteroatoms. The van der Waals surface area contributed by atoms with Crippen LogP contribution < -0.4 is 11.5 Å². The molecule has 0 aliphatic rings. The van der Waals surface area contributed by atoms with E-state index in [-0.39, 0.29) is 18.3 Å². The summed E-state index contributed by atoms with van der Waals surface area (Å²) in [5.74, 6) is -0.795. The van der Waals surface area contributed by atoms with Gasteiger partial charge in [0.1, 0.15) is 6.04 Å². The van der Waals surface area contributed by atoms with E-state index in [4.69, 9.17) is 16.2 Å². The topological polar surface area (TPSA) is 117 Å². The summed E-state index contributed by atoms with van der Waals surface area (Å²) in [4.78, 5) is 14.2. The minimum Gasteiger partial charge on any atom is -0.383 e. The third-order valence-electron chi connectivity index (χ3n) is 1.33. The Morgan fingerprint density at radius 3 is 2.92 bits per heavy atom. The second-order valence-electron chi connectivity index (χ2n) is 2.38. The Hall–Kier alpha value is -1.47. The molecular formula is C6H10N4O3. The zero-order valence-electron chi connectivity index (χ0n) is 7.06. The normalized spacial score (nSPS) is 12.8. The number of hydrogen-bond acceptors (Lipinski definition) is 6. The molecule has 0 bridgehead atoms. The van der Waals surface area contributed by atoms with E-state index in [2.05, 4.69) is 14.7 Å². The Morgan fingerprint density at radius 1 is 1.77 bits per heavy atom. The summed E-state index contributed by atoms with van der Waals surface area (Å²) in [6.07, 6.45) is 0. The van der Waals surface area contributed by atoms with E-state index in [0.717, 1.165) is 0 Å². The third-order valence-corrected chi connectivity index (χ3v) is 1.33. The SMILES string of the molecule is COCC(N)c1nc(C(N)=O)no1. The fraction of sp³-hybridized carbons (Fsp3) is 0.500. The molecule has 13 heavy (non-hydrogen) atoms. The molecule has 0 radical (unpaired) electrons. The molecule has 1 aromatic heterocycles. The molecule has 4 N–H and O–H groups in total. The lowest BCUT2D eigenvalue weighted by molar-refractivity contribution is 0.0987. The molecule has 0 aromatic carbocycles. The number of methoxy groups -OCH3 is 1. The lowest BCUT2D eigenvalue weighted by Gasteiger charge is -2.02. The number of amides is 1. The van der Waals surface area contributed by atoms with Crippen molar-refractivity contribution in [2.24, 2.45) is 11.5 Å². The zero-order chi connectivity index (χ0) is 9.84. The summed E-state index contributed by atoms with van der Waals surface area (Å²) in [7, 11) is 1.49. The van der Waals surface area contributed by atoms with Gasteiger partial charge in [-0.3, -0.25) is 4.79 Å². The number of nitrogens with two attached hydrogens (primary N) is 2. The fourth-order valence-corrected chi connectivity index (χ4v) is 0.737. The van der Waals surface area contributed by atoms with Crippen LogP contribution in [0, 0.1) is 0 Å². The van der Waals surface area contributed by atoms with Crippen molar-refractivity contribution in [3.8, 4) is 0 Å². The fourth-order valence-electron chi connectivity index (χ4n) is 0.737. The number of carbonyl (C=O) groups excluding carboxylic acids is 1. The molecule has 0 aliphatic carbocycles. The van der Waals surface area contributed by atoms with Crippen molar-refractivity contribution < 1.29 is 14.1 Å². The van der Waals surface area contributed by atoms with Crippen molar-refractivity contribution >= 4 is 5.91 Å². The first kappa shape index (κ1) is 9.62. The van der Waals surface area contributed by atoms with E-state index in [1.165, 1.54) is 7.11 Å². The van der Waals surface area contributed by atoms with Crippen LogP contribution in [0.15, 0.2) is 4.52 Å². The Bertz CT molecular complexity index is 298. The second-order valence-corrected chi connectivity index (χ2v) is 2.38. The summed E-state index contributed by atoms with van der Waals surface area (Å²) < 4.78 is 9.43. The van der Waals surface area contributed by atoms with Crippen molar-refractivity contribution in [3.63, 3.8) is 0 Å². The largest absolute Gasteiger partial charge is 0.383 e. The summed E-state index contributed by atoms with van der Waals surface area (Å²) >= 11 is 0. The molecule has 0 fully saturated rings. The number of carbonyl (C=O) groups is 1. The maximum atomic E-state index is 10.6. The number of ether oxygens (including phenoxy) is 1. The Morgan fingerprint density at radius 2 is 2.46 bits per heavy atom. The molecular weight excluding hydrogens is 176 g/mol. The van der Waals surface area contributed by atoms with Crippen LogP contribution in [0.4, 0.5) is 0 Å². The standard InChI is InChI=1S/C6H10N4O3/c1-12-2-3(7)6-9-5(4(8)11)10-13-6/h3H,2,7H2,1H3,(H2,8,11). The van der Waals surface area contributed by atoms with Gasteiger partial charge in [-0.05, 0) is 0 Å². The van der Waals surface area contributed by atoms with Gasteiger partial charge in [0.15, 0.2) is 0 Å². The Balaban J connectivity index is 2.73. The smallest absolute Gasteiger partial charge is 0.290 e. The first-order valence-electron chi connectivity index (χ1n) is 3.53. The van der Waals surface area contributed by atoms with Gasteiger partial charge in [0.05, 0.1) is 6.61 Å². The second kappa shape index (κ2) is 3.97. The van der Waals surface area contributed by atoms with Crippen LogP contribution in [0.3, 0.4) is 0 Å². The van der Waals surface area contributed by atoms with E-state index in [1.807, 2.05) is 0 Å². The van der Waals surface area contributed by atoms with Gasteiger partial charge in [0, 0.05) is 7.11 Å². The number of hydrogen-bond donors (Lipinski definition) is 2. The molecule has 1 amide bonds. The highest BCUT2D eigenvalue weighted by Gasteiger charge is 2.16. The molecule has 72 valence electrons. The minimum atomic E-state index is -0.750. The van der Waals surface area contributed by atoms with Crippen LogP contribution in [0.2, 0.25) is 0 Å². The van der Waals surface area contributed by atoms with Gasteiger partial charge in [-0.2, -0.15) is 4.98 Å². The molecule has 1 aromatic rings. The van der Waals surface area contributed by atoms with Crippen LogP contribution in [-0.2, 0) is 4.74 Å². The van der Waals surface area contributed by atoms with Gasteiger partial charge in [0.2, 0.25) is 5.89 Å². The van der Waals surface area contributed by atoms with Crippen LogP contribution in [0.1, 0.15) is 22.6 Å². The zero-order valence-corrected chi connectivity index (χ0v) is 7.06. The average molecular weight is 186 g/mol. The van der Waals surface area contributed by atoms with Crippen LogP contribution in [-0.4, -0.2) is 29.8 Å². The number of primary amides is 1.